The Balaban J connectivity index is 1.29. The second-order valence-electron chi connectivity index (χ2n) is 7.71. The second kappa shape index (κ2) is 7.06. The second-order valence-corrected chi connectivity index (χ2v) is 7.71. The summed E-state index contributed by atoms with van der Waals surface area (Å²) in [5.41, 5.74) is 1.72. The Kier molecular flexibility index (Phi) is 4.59. The van der Waals surface area contributed by atoms with Gasteiger partial charge in [0.25, 0.3) is 0 Å². The standard InChI is InChI=1S/C20H25N5O2/c1-15-3-8-18(26)25(15)17-6-4-16(5-7-17)23-19(27)21-13-20(9-10-20)14-24-12-2-11-22-24/h2,4-7,11-12,15H,3,8-10,13-14H2,1H3,(H2,21,23,27). The van der Waals surface area contributed by atoms with Gasteiger partial charge >= 0.3 is 6.03 Å². The van der Waals surface area contributed by atoms with Crippen molar-refractivity contribution >= 4 is 23.3 Å². The molecule has 7 heteroatoms. The monoisotopic (exact) mass is 367 g/mol. The van der Waals surface area contributed by atoms with Crippen LogP contribution in [0.4, 0.5) is 16.2 Å². The van der Waals surface area contributed by atoms with Crippen LogP contribution < -0.4 is 15.5 Å². The van der Waals surface area contributed by atoms with E-state index in [0.717, 1.165) is 31.5 Å². The third kappa shape index (κ3) is 3.97. The number of amides is 3. The van der Waals surface area contributed by atoms with Crippen molar-refractivity contribution in [3.8, 4) is 0 Å². The van der Waals surface area contributed by atoms with Gasteiger partial charge in [0.05, 0.1) is 0 Å². The van der Waals surface area contributed by atoms with Crippen LogP contribution in [0.2, 0.25) is 0 Å². The number of hydrogen-bond donors (Lipinski definition) is 2. The molecule has 4 rings (SSSR count). The average molecular weight is 367 g/mol. The minimum Gasteiger partial charge on any atom is -0.337 e. The van der Waals surface area contributed by atoms with Gasteiger partial charge in [-0.05, 0) is 56.5 Å². The van der Waals surface area contributed by atoms with E-state index in [1.165, 1.54) is 0 Å². The van der Waals surface area contributed by atoms with Crippen LogP contribution in [0.5, 0.6) is 0 Å². The first kappa shape index (κ1) is 17.6. The molecule has 1 unspecified atom stereocenters. The first-order valence-electron chi connectivity index (χ1n) is 9.49. The van der Waals surface area contributed by atoms with Gasteiger partial charge in [-0.15, -0.1) is 0 Å². The lowest BCUT2D eigenvalue weighted by Gasteiger charge is -2.22. The molecule has 142 valence electrons. The fourth-order valence-electron chi connectivity index (χ4n) is 3.68. The minimum atomic E-state index is -0.208. The molecule has 0 radical (unpaired) electrons. The predicted molar refractivity (Wildman–Crippen MR) is 104 cm³/mol. The summed E-state index contributed by atoms with van der Waals surface area (Å²) in [6.07, 6.45) is 7.42. The Bertz CT molecular complexity index is 811. The van der Waals surface area contributed by atoms with Gasteiger partial charge in [-0.3, -0.25) is 9.48 Å². The zero-order valence-electron chi connectivity index (χ0n) is 15.5. The van der Waals surface area contributed by atoms with Crippen LogP contribution in [0, 0.1) is 5.41 Å². The molecule has 1 atom stereocenters. The molecule has 2 heterocycles. The molecular formula is C20H25N5O2. The number of carbonyl (C=O) groups is 2. The SMILES string of the molecule is CC1CCC(=O)N1c1ccc(NC(=O)NCC2(Cn3cccn3)CC2)cc1. The molecule has 1 aromatic heterocycles. The van der Waals surface area contributed by atoms with Gasteiger partial charge < -0.3 is 15.5 Å². The maximum absolute atomic E-state index is 12.2. The molecule has 1 aliphatic carbocycles. The molecule has 2 aliphatic rings. The molecule has 3 amide bonds. The molecule has 0 spiro atoms. The van der Waals surface area contributed by atoms with E-state index in [0.29, 0.717) is 18.7 Å². The summed E-state index contributed by atoms with van der Waals surface area (Å²) in [4.78, 5) is 26.0. The molecule has 7 nitrogen and oxygen atoms in total. The maximum Gasteiger partial charge on any atom is 0.319 e. The molecule has 2 N–H and O–H groups in total. The summed E-state index contributed by atoms with van der Waals surface area (Å²) in [5, 5.41) is 10.1. The molecule has 27 heavy (non-hydrogen) atoms. The first-order valence-corrected chi connectivity index (χ1v) is 9.49. The van der Waals surface area contributed by atoms with Gasteiger partial charge in [-0.2, -0.15) is 5.10 Å². The summed E-state index contributed by atoms with van der Waals surface area (Å²) < 4.78 is 1.92. The Morgan fingerprint density at radius 3 is 2.67 bits per heavy atom. The van der Waals surface area contributed by atoms with Gasteiger partial charge in [0.2, 0.25) is 5.91 Å². The van der Waals surface area contributed by atoms with Gasteiger partial charge in [0, 0.05) is 54.7 Å². The molecular weight excluding hydrogens is 342 g/mol. The van der Waals surface area contributed by atoms with E-state index in [1.54, 1.807) is 6.20 Å². The van der Waals surface area contributed by atoms with E-state index in [2.05, 4.69) is 22.7 Å². The van der Waals surface area contributed by atoms with Crippen molar-refractivity contribution in [2.45, 2.75) is 45.2 Å². The number of nitrogens with one attached hydrogen (secondary N) is 2. The number of hydrogen-bond acceptors (Lipinski definition) is 3. The van der Waals surface area contributed by atoms with E-state index in [9.17, 15) is 9.59 Å². The quantitative estimate of drug-likeness (QED) is 0.824. The molecule has 1 saturated carbocycles. The van der Waals surface area contributed by atoms with Crippen LogP contribution in [0.25, 0.3) is 0 Å². The third-order valence-electron chi connectivity index (χ3n) is 5.53. The fourth-order valence-corrected chi connectivity index (χ4v) is 3.68. The number of nitrogens with zero attached hydrogens (tertiary/aromatic N) is 3. The lowest BCUT2D eigenvalue weighted by Crippen LogP contribution is -2.35. The van der Waals surface area contributed by atoms with E-state index < -0.39 is 0 Å². The van der Waals surface area contributed by atoms with E-state index >= 15 is 0 Å². The van der Waals surface area contributed by atoms with Crippen molar-refractivity contribution in [1.82, 2.24) is 15.1 Å². The Morgan fingerprint density at radius 2 is 2.07 bits per heavy atom. The van der Waals surface area contributed by atoms with Crippen molar-refractivity contribution in [3.63, 3.8) is 0 Å². The summed E-state index contributed by atoms with van der Waals surface area (Å²) in [5.74, 6) is 0.160. The highest BCUT2D eigenvalue weighted by atomic mass is 16.2. The molecule has 1 saturated heterocycles. The third-order valence-corrected chi connectivity index (χ3v) is 5.53. The zero-order chi connectivity index (χ0) is 18.9. The summed E-state index contributed by atoms with van der Waals surface area (Å²) in [7, 11) is 0. The van der Waals surface area contributed by atoms with E-state index in [-0.39, 0.29) is 23.4 Å². The van der Waals surface area contributed by atoms with Crippen molar-refractivity contribution in [2.75, 3.05) is 16.8 Å². The van der Waals surface area contributed by atoms with Crippen LogP contribution >= 0.6 is 0 Å². The summed E-state index contributed by atoms with van der Waals surface area (Å²) in [6, 6.07) is 9.37. The van der Waals surface area contributed by atoms with Crippen LogP contribution in [0.3, 0.4) is 0 Å². The lowest BCUT2D eigenvalue weighted by molar-refractivity contribution is -0.117. The Morgan fingerprint density at radius 1 is 1.30 bits per heavy atom. The van der Waals surface area contributed by atoms with Crippen molar-refractivity contribution in [1.29, 1.82) is 0 Å². The van der Waals surface area contributed by atoms with E-state index in [1.807, 2.05) is 46.1 Å². The van der Waals surface area contributed by atoms with Crippen LogP contribution in [0.1, 0.15) is 32.6 Å². The van der Waals surface area contributed by atoms with Crippen molar-refractivity contribution in [2.24, 2.45) is 5.41 Å². The smallest absolute Gasteiger partial charge is 0.319 e. The maximum atomic E-state index is 12.2. The number of aromatic nitrogens is 2. The van der Waals surface area contributed by atoms with Crippen LogP contribution in [-0.4, -0.2) is 34.3 Å². The highest BCUT2D eigenvalue weighted by molar-refractivity contribution is 5.96. The predicted octanol–water partition coefficient (Wildman–Crippen LogP) is 3.00. The van der Waals surface area contributed by atoms with Gasteiger partial charge in [0.1, 0.15) is 0 Å². The van der Waals surface area contributed by atoms with Crippen LogP contribution in [-0.2, 0) is 11.3 Å². The van der Waals surface area contributed by atoms with Gasteiger partial charge in [-0.1, -0.05) is 0 Å². The molecule has 1 aliphatic heterocycles. The van der Waals surface area contributed by atoms with Gasteiger partial charge in [-0.25, -0.2) is 4.79 Å². The minimum absolute atomic E-state index is 0.124. The topological polar surface area (TPSA) is 79.3 Å². The average Bonchev–Trinajstić information content (AvgIpc) is 3.05. The first-order chi connectivity index (χ1) is 13.0. The number of benzene rings is 1. The number of rotatable bonds is 6. The number of anilines is 2. The molecule has 0 bridgehead atoms. The van der Waals surface area contributed by atoms with Crippen molar-refractivity contribution < 1.29 is 9.59 Å². The number of urea groups is 1. The summed E-state index contributed by atoms with van der Waals surface area (Å²) in [6.45, 7) is 3.52. The van der Waals surface area contributed by atoms with Crippen molar-refractivity contribution in [3.05, 3.63) is 42.7 Å². The fraction of sp³-hybridized carbons (Fsp3) is 0.450. The zero-order valence-corrected chi connectivity index (χ0v) is 15.5. The Labute approximate surface area is 158 Å². The number of carbonyl (C=O) groups excluding carboxylic acids is 2. The normalized spacial score (nSPS) is 20.6. The highest BCUT2D eigenvalue weighted by Gasteiger charge is 2.43. The molecule has 2 aromatic rings. The highest BCUT2D eigenvalue weighted by Crippen LogP contribution is 2.46. The lowest BCUT2D eigenvalue weighted by atomic mass is 10.1. The molecule has 2 fully saturated rings. The molecule has 1 aromatic carbocycles. The summed E-state index contributed by atoms with van der Waals surface area (Å²) >= 11 is 0. The van der Waals surface area contributed by atoms with Gasteiger partial charge in [0.15, 0.2) is 0 Å². The van der Waals surface area contributed by atoms with E-state index in [4.69, 9.17) is 0 Å². The Hall–Kier alpha value is -2.83. The van der Waals surface area contributed by atoms with Crippen LogP contribution in [0.15, 0.2) is 42.7 Å². The largest absolute Gasteiger partial charge is 0.337 e.